The fourth-order valence-corrected chi connectivity index (χ4v) is 2.38. The lowest BCUT2D eigenvalue weighted by Crippen LogP contribution is -2.45. The van der Waals surface area contributed by atoms with Crippen molar-refractivity contribution in [1.82, 2.24) is 20.6 Å². The van der Waals surface area contributed by atoms with Gasteiger partial charge in [-0.3, -0.25) is 15.3 Å². The predicted molar refractivity (Wildman–Crippen MR) is 80.8 cm³/mol. The number of ether oxygens (including phenoxy) is 1. The molecule has 0 aromatic carbocycles. The Morgan fingerprint density at radius 3 is 2.62 bits per heavy atom. The number of amides is 1. The molecule has 1 saturated heterocycles. The van der Waals surface area contributed by atoms with E-state index in [1.807, 2.05) is 32.7 Å². The van der Waals surface area contributed by atoms with E-state index in [4.69, 9.17) is 4.74 Å². The fraction of sp³-hybridized carbons (Fsp3) is 0.733. The monoisotopic (exact) mass is 294 g/mol. The summed E-state index contributed by atoms with van der Waals surface area (Å²) in [7, 11) is 0. The Morgan fingerprint density at radius 2 is 2.00 bits per heavy atom. The SMILES string of the molecule is Cc1[nH]nc(COC(C)(C)C)c1C(=O)NN1CCCCC1. The van der Waals surface area contributed by atoms with Gasteiger partial charge in [-0.15, -0.1) is 0 Å². The number of aryl methyl sites for hydroxylation is 1. The molecule has 0 unspecified atom stereocenters. The number of nitrogens with one attached hydrogen (secondary N) is 2. The smallest absolute Gasteiger partial charge is 0.269 e. The van der Waals surface area contributed by atoms with E-state index < -0.39 is 0 Å². The minimum Gasteiger partial charge on any atom is -0.369 e. The lowest BCUT2D eigenvalue weighted by Gasteiger charge is -2.27. The van der Waals surface area contributed by atoms with Gasteiger partial charge in [-0.05, 0) is 40.5 Å². The lowest BCUT2D eigenvalue weighted by atomic mass is 10.1. The van der Waals surface area contributed by atoms with Gasteiger partial charge in [0, 0.05) is 18.8 Å². The Hall–Kier alpha value is -1.40. The first-order chi connectivity index (χ1) is 9.87. The molecule has 118 valence electrons. The Bertz CT molecular complexity index is 484. The lowest BCUT2D eigenvalue weighted by molar-refractivity contribution is -0.0168. The summed E-state index contributed by atoms with van der Waals surface area (Å²) in [5, 5.41) is 9.08. The molecule has 2 heterocycles. The first-order valence-corrected chi connectivity index (χ1v) is 7.60. The van der Waals surface area contributed by atoms with Crippen molar-refractivity contribution in [2.24, 2.45) is 0 Å². The van der Waals surface area contributed by atoms with Gasteiger partial charge in [0.05, 0.1) is 17.8 Å². The van der Waals surface area contributed by atoms with Crippen LogP contribution in [0.2, 0.25) is 0 Å². The van der Waals surface area contributed by atoms with Crippen LogP contribution in [0, 0.1) is 6.92 Å². The van der Waals surface area contributed by atoms with Gasteiger partial charge in [0.15, 0.2) is 0 Å². The number of aromatic amines is 1. The van der Waals surface area contributed by atoms with E-state index in [1.165, 1.54) is 6.42 Å². The molecule has 2 rings (SSSR count). The number of hydrogen-bond acceptors (Lipinski definition) is 4. The molecule has 1 aliphatic heterocycles. The molecular weight excluding hydrogens is 268 g/mol. The zero-order chi connectivity index (χ0) is 15.5. The Labute approximate surface area is 126 Å². The second-order valence-corrected chi connectivity index (χ2v) is 6.56. The van der Waals surface area contributed by atoms with E-state index in [-0.39, 0.29) is 11.5 Å². The summed E-state index contributed by atoms with van der Waals surface area (Å²) in [6.45, 7) is 9.97. The molecule has 0 saturated carbocycles. The summed E-state index contributed by atoms with van der Waals surface area (Å²) in [6.07, 6.45) is 3.50. The first-order valence-electron chi connectivity index (χ1n) is 7.60. The summed E-state index contributed by atoms with van der Waals surface area (Å²) in [4.78, 5) is 12.5. The number of rotatable bonds is 4. The van der Waals surface area contributed by atoms with E-state index in [0.717, 1.165) is 31.6 Å². The Morgan fingerprint density at radius 1 is 1.33 bits per heavy atom. The summed E-state index contributed by atoms with van der Waals surface area (Å²) in [5.41, 5.74) is 4.76. The molecule has 1 aromatic rings. The highest BCUT2D eigenvalue weighted by Crippen LogP contribution is 2.16. The maximum atomic E-state index is 12.5. The van der Waals surface area contributed by atoms with Gasteiger partial charge in [-0.1, -0.05) is 6.42 Å². The number of H-pyrrole nitrogens is 1. The summed E-state index contributed by atoms with van der Waals surface area (Å²) in [5.74, 6) is -0.101. The van der Waals surface area contributed by atoms with Crippen LogP contribution in [-0.2, 0) is 11.3 Å². The minimum atomic E-state index is -0.256. The molecule has 0 bridgehead atoms. The second kappa shape index (κ2) is 6.58. The van der Waals surface area contributed by atoms with Crippen LogP contribution in [0.5, 0.6) is 0 Å². The van der Waals surface area contributed by atoms with Crippen molar-refractivity contribution in [1.29, 1.82) is 0 Å². The molecule has 1 aliphatic rings. The van der Waals surface area contributed by atoms with E-state index in [0.29, 0.717) is 17.9 Å². The van der Waals surface area contributed by atoms with Crippen LogP contribution in [-0.4, -0.2) is 39.8 Å². The summed E-state index contributed by atoms with van der Waals surface area (Å²) >= 11 is 0. The molecular formula is C15H26N4O2. The average Bonchev–Trinajstić information content (AvgIpc) is 2.78. The maximum Gasteiger partial charge on any atom is 0.269 e. The third-order valence-electron chi connectivity index (χ3n) is 3.51. The number of carbonyl (C=O) groups is 1. The zero-order valence-corrected chi connectivity index (χ0v) is 13.5. The van der Waals surface area contributed by atoms with Crippen LogP contribution in [0.4, 0.5) is 0 Å². The molecule has 1 fully saturated rings. The number of aromatic nitrogens is 2. The van der Waals surface area contributed by atoms with Gasteiger partial charge >= 0.3 is 0 Å². The molecule has 21 heavy (non-hydrogen) atoms. The van der Waals surface area contributed by atoms with Crippen molar-refractivity contribution < 1.29 is 9.53 Å². The van der Waals surface area contributed by atoms with Gasteiger partial charge in [0.25, 0.3) is 5.91 Å². The normalized spacial score (nSPS) is 17.0. The van der Waals surface area contributed by atoms with Crippen molar-refractivity contribution in [3.8, 4) is 0 Å². The first kappa shape index (κ1) is 16.0. The Balaban J connectivity index is 2.03. The third-order valence-corrected chi connectivity index (χ3v) is 3.51. The van der Waals surface area contributed by atoms with Crippen molar-refractivity contribution in [3.05, 3.63) is 17.0 Å². The van der Waals surface area contributed by atoms with Gasteiger partial charge in [0.1, 0.15) is 5.69 Å². The number of hydrogen-bond donors (Lipinski definition) is 2. The molecule has 6 nitrogen and oxygen atoms in total. The highest BCUT2D eigenvalue weighted by molar-refractivity contribution is 5.96. The standard InChI is InChI=1S/C15H26N4O2/c1-11-13(12(17-16-11)10-21-15(2,3)4)14(20)18-19-8-6-5-7-9-19/h5-10H2,1-4H3,(H,16,17)(H,18,20). The van der Waals surface area contributed by atoms with Gasteiger partial charge < -0.3 is 4.74 Å². The number of carbonyl (C=O) groups excluding carboxylic acids is 1. The zero-order valence-electron chi connectivity index (χ0n) is 13.5. The largest absolute Gasteiger partial charge is 0.369 e. The van der Waals surface area contributed by atoms with Crippen LogP contribution in [0.15, 0.2) is 0 Å². The molecule has 1 aromatic heterocycles. The van der Waals surface area contributed by atoms with Crippen LogP contribution < -0.4 is 5.43 Å². The molecule has 1 amide bonds. The van der Waals surface area contributed by atoms with Crippen molar-refractivity contribution >= 4 is 5.91 Å². The number of hydrazine groups is 1. The highest BCUT2D eigenvalue weighted by Gasteiger charge is 2.22. The molecule has 0 radical (unpaired) electrons. The maximum absolute atomic E-state index is 12.5. The molecule has 2 N–H and O–H groups in total. The predicted octanol–water partition coefficient (Wildman–Crippen LogP) is 2.16. The summed E-state index contributed by atoms with van der Waals surface area (Å²) in [6, 6.07) is 0. The summed E-state index contributed by atoms with van der Waals surface area (Å²) < 4.78 is 5.73. The van der Waals surface area contributed by atoms with E-state index in [2.05, 4.69) is 15.6 Å². The molecule has 6 heteroatoms. The molecule has 0 aliphatic carbocycles. The van der Waals surface area contributed by atoms with Gasteiger partial charge in [-0.2, -0.15) is 5.10 Å². The third kappa shape index (κ3) is 4.54. The second-order valence-electron chi connectivity index (χ2n) is 6.56. The quantitative estimate of drug-likeness (QED) is 0.893. The van der Waals surface area contributed by atoms with Crippen LogP contribution in [0.1, 0.15) is 61.8 Å². The van der Waals surface area contributed by atoms with Gasteiger partial charge in [-0.25, -0.2) is 5.01 Å². The topological polar surface area (TPSA) is 70.2 Å². The van der Waals surface area contributed by atoms with Crippen LogP contribution >= 0.6 is 0 Å². The van der Waals surface area contributed by atoms with E-state index in [1.54, 1.807) is 0 Å². The van der Waals surface area contributed by atoms with Crippen LogP contribution in [0.3, 0.4) is 0 Å². The van der Waals surface area contributed by atoms with E-state index >= 15 is 0 Å². The number of nitrogens with zero attached hydrogens (tertiary/aromatic N) is 2. The van der Waals surface area contributed by atoms with Crippen molar-refractivity contribution in [2.75, 3.05) is 13.1 Å². The van der Waals surface area contributed by atoms with Crippen LogP contribution in [0.25, 0.3) is 0 Å². The highest BCUT2D eigenvalue weighted by atomic mass is 16.5. The minimum absolute atomic E-state index is 0.101. The van der Waals surface area contributed by atoms with Crippen molar-refractivity contribution in [3.63, 3.8) is 0 Å². The Kier molecular flexibility index (Phi) is 5.00. The molecule has 0 atom stereocenters. The van der Waals surface area contributed by atoms with E-state index in [9.17, 15) is 4.79 Å². The number of piperidine rings is 1. The van der Waals surface area contributed by atoms with Gasteiger partial charge in [0.2, 0.25) is 0 Å². The van der Waals surface area contributed by atoms with Crippen molar-refractivity contribution in [2.45, 2.75) is 59.2 Å². The average molecular weight is 294 g/mol. The molecule has 0 spiro atoms. The fourth-order valence-electron chi connectivity index (χ4n) is 2.38.